The lowest BCUT2D eigenvalue weighted by Gasteiger charge is -2.13. The number of nitrogens with two attached hydrogens (primary N) is 1. The van der Waals surface area contributed by atoms with Gasteiger partial charge in [-0.1, -0.05) is 20.8 Å². The van der Waals surface area contributed by atoms with Gasteiger partial charge in [-0.3, -0.25) is 0 Å². The molecule has 0 aromatic carbocycles. The van der Waals surface area contributed by atoms with Crippen LogP contribution in [-0.2, 0) is 6.54 Å². The zero-order valence-electron chi connectivity index (χ0n) is 8.70. The second-order valence-corrected chi connectivity index (χ2v) is 4.23. The van der Waals surface area contributed by atoms with Crippen LogP contribution >= 0.6 is 0 Å². The van der Waals surface area contributed by atoms with Crippen molar-refractivity contribution in [1.82, 2.24) is 9.55 Å². The summed E-state index contributed by atoms with van der Waals surface area (Å²) in [5.74, 6) is 2.06. The molecule has 3 nitrogen and oxygen atoms in total. The first-order valence-electron chi connectivity index (χ1n) is 4.85. The minimum atomic E-state index is 0.608. The van der Waals surface area contributed by atoms with Crippen molar-refractivity contribution in [3.63, 3.8) is 0 Å². The number of nitrogens with zero attached hydrogens (tertiary/aromatic N) is 2. The molecule has 0 saturated heterocycles. The molecule has 3 heteroatoms. The summed E-state index contributed by atoms with van der Waals surface area (Å²) in [5, 5.41) is 0. The highest BCUT2D eigenvalue weighted by atomic mass is 15.1. The predicted octanol–water partition coefficient (Wildman–Crippen LogP) is 2.15. The van der Waals surface area contributed by atoms with Crippen LogP contribution in [0.1, 0.15) is 27.2 Å². The van der Waals surface area contributed by atoms with E-state index in [4.69, 9.17) is 5.73 Å². The first-order chi connectivity index (χ1) is 6.08. The van der Waals surface area contributed by atoms with E-state index in [-0.39, 0.29) is 0 Å². The fourth-order valence-corrected chi connectivity index (χ4v) is 1.72. The van der Waals surface area contributed by atoms with Gasteiger partial charge in [-0.2, -0.15) is 0 Å². The van der Waals surface area contributed by atoms with E-state index < -0.39 is 0 Å². The second kappa shape index (κ2) is 4.30. The van der Waals surface area contributed by atoms with Gasteiger partial charge in [0.05, 0.1) is 6.33 Å². The number of hydrogen-bond donors (Lipinski definition) is 1. The van der Waals surface area contributed by atoms with E-state index in [1.807, 2.05) is 6.20 Å². The first-order valence-corrected chi connectivity index (χ1v) is 4.85. The average molecular weight is 181 g/mol. The van der Waals surface area contributed by atoms with E-state index in [0.29, 0.717) is 11.7 Å². The minimum absolute atomic E-state index is 0.608. The van der Waals surface area contributed by atoms with Gasteiger partial charge in [-0.15, -0.1) is 0 Å². The Morgan fingerprint density at radius 1 is 1.46 bits per heavy atom. The normalized spacial score (nSPS) is 13.5. The summed E-state index contributed by atoms with van der Waals surface area (Å²) in [7, 11) is 0. The zero-order chi connectivity index (χ0) is 9.84. The number of aromatic nitrogens is 2. The van der Waals surface area contributed by atoms with Crippen molar-refractivity contribution < 1.29 is 0 Å². The second-order valence-electron chi connectivity index (χ2n) is 4.23. The molecule has 74 valence electrons. The topological polar surface area (TPSA) is 43.8 Å². The zero-order valence-corrected chi connectivity index (χ0v) is 8.70. The van der Waals surface area contributed by atoms with E-state index in [2.05, 4.69) is 30.3 Å². The molecule has 1 aromatic rings. The molecule has 0 fully saturated rings. The lowest BCUT2D eigenvalue weighted by Crippen LogP contribution is -2.08. The van der Waals surface area contributed by atoms with Crippen molar-refractivity contribution in [1.29, 1.82) is 0 Å². The SMILES string of the molecule is CC(C)CC(C)Cn1cnc(N)c1. The van der Waals surface area contributed by atoms with Crippen molar-refractivity contribution in [3.05, 3.63) is 12.5 Å². The third kappa shape index (κ3) is 3.49. The van der Waals surface area contributed by atoms with Gasteiger partial charge in [-0.05, 0) is 18.3 Å². The molecule has 0 aliphatic heterocycles. The number of nitrogen functional groups attached to an aromatic ring is 1. The highest BCUT2D eigenvalue weighted by Crippen LogP contribution is 2.13. The van der Waals surface area contributed by atoms with Gasteiger partial charge in [0.1, 0.15) is 5.82 Å². The Kier molecular flexibility index (Phi) is 3.34. The van der Waals surface area contributed by atoms with Crippen molar-refractivity contribution in [2.24, 2.45) is 11.8 Å². The van der Waals surface area contributed by atoms with Crippen molar-refractivity contribution in [3.8, 4) is 0 Å². The number of imidazole rings is 1. The largest absolute Gasteiger partial charge is 0.382 e. The Morgan fingerprint density at radius 3 is 2.62 bits per heavy atom. The first kappa shape index (κ1) is 10.1. The van der Waals surface area contributed by atoms with Crippen molar-refractivity contribution >= 4 is 5.82 Å². The third-order valence-corrected chi connectivity index (χ3v) is 2.05. The van der Waals surface area contributed by atoms with Gasteiger partial charge in [0.15, 0.2) is 0 Å². The third-order valence-electron chi connectivity index (χ3n) is 2.05. The minimum Gasteiger partial charge on any atom is -0.382 e. The molecule has 13 heavy (non-hydrogen) atoms. The molecule has 0 aliphatic rings. The summed E-state index contributed by atoms with van der Waals surface area (Å²) in [6, 6.07) is 0. The molecule has 0 aliphatic carbocycles. The molecule has 1 atom stereocenters. The lowest BCUT2D eigenvalue weighted by atomic mass is 9.99. The molecule has 1 aromatic heterocycles. The molecule has 0 amide bonds. The molecule has 0 radical (unpaired) electrons. The molecule has 1 heterocycles. The Bertz CT molecular complexity index is 252. The summed E-state index contributed by atoms with van der Waals surface area (Å²) < 4.78 is 2.06. The molecule has 1 unspecified atom stereocenters. The highest BCUT2D eigenvalue weighted by Gasteiger charge is 2.05. The Hall–Kier alpha value is -0.990. The molecular formula is C10H19N3. The maximum atomic E-state index is 5.52. The predicted molar refractivity (Wildman–Crippen MR) is 55.3 cm³/mol. The molecule has 0 bridgehead atoms. The lowest BCUT2D eigenvalue weighted by molar-refractivity contribution is 0.389. The van der Waals surface area contributed by atoms with Crippen LogP contribution in [0.3, 0.4) is 0 Å². The van der Waals surface area contributed by atoms with Crippen LogP contribution in [0, 0.1) is 11.8 Å². The van der Waals surface area contributed by atoms with Crippen LogP contribution in [0.4, 0.5) is 5.82 Å². The van der Waals surface area contributed by atoms with E-state index in [9.17, 15) is 0 Å². The van der Waals surface area contributed by atoms with Crippen LogP contribution in [0.5, 0.6) is 0 Å². The van der Waals surface area contributed by atoms with E-state index in [0.717, 1.165) is 12.5 Å². The molecular weight excluding hydrogens is 162 g/mol. The van der Waals surface area contributed by atoms with Gasteiger partial charge >= 0.3 is 0 Å². The standard InChI is InChI=1S/C10H19N3/c1-8(2)4-9(3)5-13-6-10(11)12-7-13/h6-9H,4-5,11H2,1-3H3. The van der Waals surface area contributed by atoms with Crippen LogP contribution in [0.2, 0.25) is 0 Å². The number of anilines is 1. The fourth-order valence-electron chi connectivity index (χ4n) is 1.72. The number of hydrogen-bond acceptors (Lipinski definition) is 2. The quantitative estimate of drug-likeness (QED) is 0.773. The van der Waals surface area contributed by atoms with Gasteiger partial charge in [0.2, 0.25) is 0 Å². The van der Waals surface area contributed by atoms with Crippen LogP contribution in [-0.4, -0.2) is 9.55 Å². The molecule has 0 saturated carbocycles. The Balaban J connectivity index is 2.40. The van der Waals surface area contributed by atoms with E-state index in [1.54, 1.807) is 6.33 Å². The summed E-state index contributed by atoms with van der Waals surface area (Å²) in [6.45, 7) is 7.77. The Morgan fingerprint density at radius 2 is 2.15 bits per heavy atom. The van der Waals surface area contributed by atoms with Crippen molar-refractivity contribution in [2.75, 3.05) is 5.73 Å². The van der Waals surface area contributed by atoms with Crippen LogP contribution < -0.4 is 5.73 Å². The Labute approximate surface area is 80.0 Å². The van der Waals surface area contributed by atoms with Gasteiger partial charge < -0.3 is 10.3 Å². The summed E-state index contributed by atoms with van der Waals surface area (Å²) in [6.07, 6.45) is 4.93. The van der Waals surface area contributed by atoms with Gasteiger partial charge in [0.25, 0.3) is 0 Å². The highest BCUT2D eigenvalue weighted by molar-refractivity contribution is 5.22. The van der Waals surface area contributed by atoms with E-state index in [1.165, 1.54) is 6.42 Å². The van der Waals surface area contributed by atoms with E-state index >= 15 is 0 Å². The van der Waals surface area contributed by atoms with Gasteiger partial charge in [-0.25, -0.2) is 4.98 Å². The fraction of sp³-hybridized carbons (Fsp3) is 0.700. The smallest absolute Gasteiger partial charge is 0.141 e. The van der Waals surface area contributed by atoms with Crippen LogP contribution in [0.15, 0.2) is 12.5 Å². The summed E-state index contributed by atoms with van der Waals surface area (Å²) in [4.78, 5) is 3.99. The van der Waals surface area contributed by atoms with Crippen molar-refractivity contribution in [2.45, 2.75) is 33.7 Å². The molecule has 0 spiro atoms. The number of rotatable bonds is 4. The monoisotopic (exact) mass is 181 g/mol. The summed E-state index contributed by atoms with van der Waals surface area (Å²) in [5.41, 5.74) is 5.52. The maximum Gasteiger partial charge on any atom is 0.141 e. The average Bonchev–Trinajstić information content (AvgIpc) is 2.33. The molecule has 2 N–H and O–H groups in total. The van der Waals surface area contributed by atoms with Crippen LogP contribution in [0.25, 0.3) is 0 Å². The molecule has 1 rings (SSSR count). The summed E-state index contributed by atoms with van der Waals surface area (Å²) >= 11 is 0. The maximum absolute atomic E-state index is 5.52. The van der Waals surface area contributed by atoms with Gasteiger partial charge in [0, 0.05) is 12.7 Å².